The van der Waals surface area contributed by atoms with Gasteiger partial charge in [0.05, 0.1) is 24.5 Å². The molecule has 6 nitrogen and oxygen atoms in total. The molecule has 3 aromatic rings. The Balaban J connectivity index is 1.83. The predicted octanol–water partition coefficient (Wildman–Crippen LogP) is 2.36. The molecule has 4 rings (SSSR count). The summed E-state index contributed by atoms with van der Waals surface area (Å²) in [5.41, 5.74) is 2.68. The van der Waals surface area contributed by atoms with Crippen LogP contribution >= 0.6 is 0 Å². The number of rotatable bonds is 4. The molecule has 0 unspecified atom stereocenters. The van der Waals surface area contributed by atoms with Crippen molar-refractivity contribution in [2.24, 2.45) is 0 Å². The zero-order valence-electron chi connectivity index (χ0n) is 14.4. The minimum Gasteiger partial charge on any atom is -0.496 e. The molecule has 0 bridgehead atoms. The summed E-state index contributed by atoms with van der Waals surface area (Å²) in [5.74, 6) is 0.516. The molecule has 1 aromatic heterocycles. The first-order valence-corrected chi connectivity index (χ1v) is 8.43. The van der Waals surface area contributed by atoms with Crippen LogP contribution in [0.25, 0.3) is 16.9 Å². The molecule has 2 heterocycles. The Hall–Kier alpha value is -3.12. The topological polar surface area (TPSA) is 67.6 Å². The molecule has 6 heteroatoms. The van der Waals surface area contributed by atoms with Crippen molar-refractivity contribution < 1.29 is 14.6 Å². The van der Waals surface area contributed by atoms with E-state index in [4.69, 9.17) is 4.74 Å². The lowest BCUT2D eigenvalue weighted by atomic mass is 10.0. The number of aliphatic hydroxyl groups is 1. The number of likely N-dealkylation sites (tertiary alicyclic amines) is 1. The lowest BCUT2D eigenvalue weighted by Crippen LogP contribution is -2.53. The molecule has 1 aliphatic heterocycles. The van der Waals surface area contributed by atoms with Gasteiger partial charge in [-0.1, -0.05) is 30.3 Å². The maximum atomic E-state index is 12.9. The van der Waals surface area contributed by atoms with Crippen molar-refractivity contribution in [2.75, 3.05) is 20.2 Å². The maximum absolute atomic E-state index is 12.9. The second-order valence-corrected chi connectivity index (χ2v) is 6.24. The maximum Gasteiger partial charge on any atom is 0.257 e. The highest BCUT2D eigenvalue weighted by Crippen LogP contribution is 2.32. The highest BCUT2D eigenvalue weighted by molar-refractivity contribution is 6.01. The van der Waals surface area contributed by atoms with Gasteiger partial charge in [0.15, 0.2) is 0 Å². The summed E-state index contributed by atoms with van der Waals surface area (Å²) in [6.45, 7) is 0.696. The fourth-order valence-corrected chi connectivity index (χ4v) is 3.07. The van der Waals surface area contributed by atoms with Crippen molar-refractivity contribution in [1.82, 2.24) is 14.7 Å². The number of hydrogen-bond acceptors (Lipinski definition) is 4. The van der Waals surface area contributed by atoms with Crippen molar-refractivity contribution in [2.45, 2.75) is 6.10 Å². The van der Waals surface area contributed by atoms with Gasteiger partial charge in [-0.05, 0) is 24.3 Å². The van der Waals surface area contributed by atoms with E-state index in [1.165, 1.54) is 0 Å². The summed E-state index contributed by atoms with van der Waals surface area (Å²) < 4.78 is 7.15. The third kappa shape index (κ3) is 2.84. The van der Waals surface area contributed by atoms with Gasteiger partial charge in [-0.15, -0.1) is 0 Å². The number of hydrogen-bond donors (Lipinski definition) is 1. The number of amides is 1. The van der Waals surface area contributed by atoms with E-state index in [1.807, 2.05) is 54.6 Å². The molecule has 0 aliphatic carbocycles. The molecule has 1 aliphatic rings. The minimum atomic E-state index is -0.446. The van der Waals surface area contributed by atoms with E-state index in [-0.39, 0.29) is 5.91 Å². The van der Waals surface area contributed by atoms with Crippen LogP contribution in [-0.2, 0) is 0 Å². The number of carbonyl (C=O) groups excluding carboxylic acids is 1. The molecule has 1 saturated heterocycles. The summed E-state index contributed by atoms with van der Waals surface area (Å²) in [4.78, 5) is 14.6. The smallest absolute Gasteiger partial charge is 0.257 e. The molecule has 0 spiro atoms. The van der Waals surface area contributed by atoms with Gasteiger partial charge in [-0.2, -0.15) is 5.10 Å². The summed E-state index contributed by atoms with van der Waals surface area (Å²) in [7, 11) is 1.60. The summed E-state index contributed by atoms with van der Waals surface area (Å²) in [6.07, 6.45) is 1.29. The van der Waals surface area contributed by atoms with E-state index in [9.17, 15) is 9.90 Å². The van der Waals surface area contributed by atoms with Gasteiger partial charge in [0.25, 0.3) is 5.91 Å². The summed E-state index contributed by atoms with van der Waals surface area (Å²) >= 11 is 0. The Morgan fingerprint density at radius 2 is 1.81 bits per heavy atom. The van der Waals surface area contributed by atoms with Gasteiger partial charge in [-0.25, -0.2) is 4.68 Å². The van der Waals surface area contributed by atoms with Gasteiger partial charge in [-0.3, -0.25) is 4.79 Å². The molecule has 1 fully saturated rings. The lowest BCUT2D eigenvalue weighted by molar-refractivity contribution is 0.00594. The van der Waals surface area contributed by atoms with Crippen LogP contribution in [0.4, 0.5) is 0 Å². The highest BCUT2D eigenvalue weighted by Gasteiger charge is 2.32. The number of methoxy groups -OCH3 is 1. The SMILES string of the molecule is COc1ccccc1-c1nn(-c2ccccc2)cc1C(=O)N1CC(O)C1. The van der Waals surface area contributed by atoms with Crippen molar-refractivity contribution >= 4 is 5.91 Å². The van der Waals surface area contributed by atoms with E-state index in [1.54, 1.807) is 22.9 Å². The highest BCUT2D eigenvalue weighted by atomic mass is 16.5. The number of aromatic nitrogens is 2. The number of ether oxygens (including phenoxy) is 1. The minimum absolute atomic E-state index is 0.140. The molecule has 0 radical (unpaired) electrons. The van der Waals surface area contributed by atoms with Crippen molar-refractivity contribution in [3.63, 3.8) is 0 Å². The van der Waals surface area contributed by atoms with Crippen LogP contribution in [0.3, 0.4) is 0 Å². The molecule has 1 N–H and O–H groups in total. The van der Waals surface area contributed by atoms with Gasteiger partial charge in [0.2, 0.25) is 0 Å². The van der Waals surface area contributed by atoms with Crippen LogP contribution in [0.2, 0.25) is 0 Å². The molecule has 2 aromatic carbocycles. The average Bonchev–Trinajstić information content (AvgIpc) is 3.11. The predicted molar refractivity (Wildman–Crippen MR) is 97.5 cm³/mol. The number of nitrogens with zero attached hydrogens (tertiary/aromatic N) is 3. The van der Waals surface area contributed by atoms with E-state index < -0.39 is 6.10 Å². The van der Waals surface area contributed by atoms with E-state index in [0.29, 0.717) is 30.1 Å². The monoisotopic (exact) mass is 349 g/mol. The average molecular weight is 349 g/mol. The third-order valence-electron chi connectivity index (χ3n) is 4.48. The Labute approximate surface area is 151 Å². The number of β-amino-alcohol motifs (C(OH)–C–C–N with tert-alkyl or cyclic N) is 1. The summed E-state index contributed by atoms with van der Waals surface area (Å²) in [6, 6.07) is 17.1. The molecule has 132 valence electrons. The van der Waals surface area contributed by atoms with Gasteiger partial charge in [0, 0.05) is 24.8 Å². The number of aliphatic hydroxyl groups excluding tert-OH is 1. The first-order valence-electron chi connectivity index (χ1n) is 8.43. The molecular formula is C20H19N3O3. The number of para-hydroxylation sites is 2. The van der Waals surface area contributed by atoms with Gasteiger partial charge in [0.1, 0.15) is 11.4 Å². The van der Waals surface area contributed by atoms with E-state index in [0.717, 1.165) is 11.3 Å². The van der Waals surface area contributed by atoms with Gasteiger partial charge >= 0.3 is 0 Å². The first-order chi connectivity index (χ1) is 12.7. The van der Waals surface area contributed by atoms with Crippen LogP contribution in [0.1, 0.15) is 10.4 Å². The quantitative estimate of drug-likeness (QED) is 0.785. The molecule has 26 heavy (non-hydrogen) atoms. The molecule has 0 atom stereocenters. The fourth-order valence-electron chi connectivity index (χ4n) is 3.07. The van der Waals surface area contributed by atoms with Crippen molar-refractivity contribution in [1.29, 1.82) is 0 Å². The summed E-state index contributed by atoms with van der Waals surface area (Å²) in [5, 5.41) is 14.2. The van der Waals surface area contributed by atoms with Crippen molar-refractivity contribution in [3.8, 4) is 22.7 Å². The van der Waals surface area contributed by atoms with Gasteiger partial charge < -0.3 is 14.7 Å². The fraction of sp³-hybridized carbons (Fsp3) is 0.200. The van der Waals surface area contributed by atoms with Crippen LogP contribution in [-0.4, -0.2) is 52.0 Å². The van der Waals surface area contributed by atoms with Crippen LogP contribution < -0.4 is 4.74 Å². The second kappa shape index (κ2) is 6.65. The van der Waals surface area contributed by atoms with Crippen LogP contribution in [0.15, 0.2) is 60.8 Å². The third-order valence-corrected chi connectivity index (χ3v) is 4.48. The van der Waals surface area contributed by atoms with Crippen LogP contribution in [0, 0.1) is 0 Å². The second-order valence-electron chi connectivity index (χ2n) is 6.24. The Morgan fingerprint density at radius 3 is 2.50 bits per heavy atom. The molecular weight excluding hydrogens is 330 g/mol. The van der Waals surface area contributed by atoms with Crippen molar-refractivity contribution in [3.05, 3.63) is 66.4 Å². The lowest BCUT2D eigenvalue weighted by Gasteiger charge is -2.35. The molecule has 1 amide bonds. The Bertz CT molecular complexity index is 930. The number of benzene rings is 2. The first kappa shape index (κ1) is 16.4. The number of carbonyl (C=O) groups is 1. The zero-order chi connectivity index (χ0) is 18.1. The standard InChI is InChI=1S/C20H19N3O3/c1-26-18-10-6-5-9-16(18)19-17(20(25)22-11-15(24)12-22)13-23(21-19)14-7-3-2-4-8-14/h2-10,13,15,24H,11-12H2,1H3. The zero-order valence-corrected chi connectivity index (χ0v) is 14.4. The Kier molecular flexibility index (Phi) is 4.18. The van der Waals surface area contributed by atoms with E-state index in [2.05, 4.69) is 5.10 Å². The normalized spacial score (nSPS) is 14.2. The largest absolute Gasteiger partial charge is 0.496 e. The van der Waals surface area contributed by atoms with E-state index >= 15 is 0 Å². The Morgan fingerprint density at radius 1 is 1.12 bits per heavy atom. The van der Waals surface area contributed by atoms with Crippen LogP contribution in [0.5, 0.6) is 5.75 Å². The molecule has 0 saturated carbocycles.